The van der Waals surface area contributed by atoms with Gasteiger partial charge in [-0.2, -0.15) is 0 Å². The Morgan fingerprint density at radius 1 is 0.762 bits per heavy atom. The van der Waals surface area contributed by atoms with Gasteiger partial charge in [0.15, 0.2) is 11.5 Å². The molecule has 3 rings (SSSR count). The zero-order chi connectivity index (χ0) is 15.0. The molecule has 0 unspecified atom stereocenters. The molecule has 0 saturated carbocycles. The molecule has 0 spiro atoms. The molecule has 0 saturated heterocycles. The van der Waals surface area contributed by atoms with Crippen LogP contribution in [-0.4, -0.2) is 18.6 Å². The third-order valence-electron chi connectivity index (χ3n) is 3.30. The average molecular weight is 300 g/mol. The first-order valence-electron chi connectivity index (χ1n) is 6.25. The van der Waals surface area contributed by atoms with E-state index in [1.807, 2.05) is 0 Å². The zero-order valence-electron chi connectivity index (χ0n) is 10.9. The van der Waals surface area contributed by atoms with Gasteiger partial charge in [-0.25, -0.2) is 8.42 Å². The number of phenolic OH excluding ortho intramolecular Hbond substituents is 2. The van der Waals surface area contributed by atoms with Crippen LogP contribution in [0.1, 0.15) is 0 Å². The van der Waals surface area contributed by atoms with E-state index in [9.17, 15) is 18.6 Å². The van der Waals surface area contributed by atoms with Crippen LogP contribution in [0.5, 0.6) is 11.5 Å². The van der Waals surface area contributed by atoms with Crippen molar-refractivity contribution >= 4 is 20.6 Å². The minimum Gasteiger partial charge on any atom is -0.504 e. The second-order valence-electron chi connectivity index (χ2n) is 4.61. The van der Waals surface area contributed by atoms with Crippen LogP contribution < -0.4 is 0 Å². The van der Waals surface area contributed by atoms with Crippen LogP contribution in [0.2, 0.25) is 0 Å². The summed E-state index contributed by atoms with van der Waals surface area (Å²) in [5.41, 5.74) is 0. The van der Waals surface area contributed by atoms with Gasteiger partial charge in [-0.1, -0.05) is 42.5 Å². The quantitative estimate of drug-likeness (QED) is 0.713. The van der Waals surface area contributed by atoms with Crippen molar-refractivity contribution in [2.45, 2.75) is 9.79 Å². The monoisotopic (exact) mass is 300 g/mol. The molecule has 0 aliphatic carbocycles. The van der Waals surface area contributed by atoms with Gasteiger partial charge in [-0.15, -0.1) is 0 Å². The molecule has 0 radical (unpaired) electrons. The molecule has 5 heteroatoms. The summed E-state index contributed by atoms with van der Waals surface area (Å²) >= 11 is 0. The topological polar surface area (TPSA) is 74.6 Å². The van der Waals surface area contributed by atoms with Gasteiger partial charge in [0.1, 0.15) is 4.90 Å². The fourth-order valence-electron chi connectivity index (χ4n) is 2.22. The van der Waals surface area contributed by atoms with Crippen LogP contribution >= 0.6 is 0 Å². The lowest BCUT2D eigenvalue weighted by molar-refractivity contribution is 0.397. The molecule has 21 heavy (non-hydrogen) atoms. The average Bonchev–Trinajstić information content (AvgIpc) is 2.51. The molecule has 0 amide bonds. The summed E-state index contributed by atoms with van der Waals surface area (Å²) in [4.78, 5) is -0.236. The third-order valence-corrected chi connectivity index (χ3v) is 5.09. The number of hydrogen-bond acceptors (Lipinski definition) is 4. The largest absolute Gasteiger partial charge is 0.504 e. The van der Waals surface area contributed by atoms with Crippen molar-refractivity contribution in [1.82, 2.24) is 0 Å². The number of benzene rings is 3. The lowest BCUT2D eigenvalue weighted by Gasteiger charge is -2.10. The smallest absolute Gasteiger partial charge is 0.210 e. The number of rotatable bonds is 2. The molecular formula is C16H12O4S. The van der Waals surface area contributed by atoms with E-state index in [1.165, 1.54) is 18.2 Å². The Morgan fingerprint density at radius 3 is 2.10 bits per heavy atom. The second-order valence-corrected chi connectivity index (χ2v) is 6.53. The number of fused-ring (bicyclic) bond motifs is 1. The van der Waals surface area contributed by atoms with Crippen LogP contribution in [0, 0.1) is 0 Å². The standard InChI is InChI=1S/C16H12O4S/c17-15-13-9-5-4-6-11(13)10-14(16(15)18)21(19,20)12-7-2-1-3-8-12/h1-10,17-18H. The number of aromatic hydroxyl groups is 2. The molecule has 0 fully saturated rings. The lowest BCUT2D eigenvalue weighted by atomic mass is 10.1. The van der Waals surface area contributed by atoms with E-state index in [1.54, 1.807) is 42.5 Å². The normalized spacial score (nSPS) is 11.6. The van der Waals surface area contributed by atoms with Gasteiger partial charge in [-0.3, -0.25) is 0 Å². The van der Waals surface area contributed by atoms with E-state index < -0.39 is 21.3 Å². The van der Waals surface area contributed by atoms with E-state index in [0.717, 1.165) is 0 Å². The zero-order valence-corrected chi connectivity index (χ0v) is 11.7. The van der Waals surface area contributed by atoms with Crippen molar-refractivity contribution in [1.29, 1.82) is 0 Å². The molecule has 0 aliphatic rings. The summed E-state index contributed by atoms with van der Waals surface area (Å²) in [6.07, 6.45) is 0. The molecule has 0 bridgehead atoms. The molecule has 4 nitrogen and oxygen atoms in total. The van der Waals surface area contributed by atoms with Gasteiger partial charge in [0.05, 0.1) is 4.90 Å². The predicted octanol–water partition coefficient (Wildman–Crippen LogP) is 3.08. The van der Waals surface area contributed by atoms with Gasteiger partial charge < -0.3 is 10.2 Å². The Bertz CT molecular complexity index is 916. The Balaban J connectivity index is 2.33. The molecule has 0 heterocycles. The lowest BCUT2D eigenvalue weighted by Crippen LogP contribution is -2.02. The van der Waals surface area contributed by atoms with E-state index in [4.69, 9.17) is 0 Å². The third kappa shape index (κ3) is 2.11. The van der Waals surface area contributed by atoms with Crippen LogP contribution in [0.25, 0.3) is 10.8 Å². The highest BCUT2D eigenvalue weighted by Crippen LogP contribution is 2.41. The van der Waals surface area contributed by atoms with Gasteiger partial charge in [0.2, 0.25) is 9.84 Å². The molecule has 0 aromatic heterocycles. The minimum atomic E-state index is -3.89. The van der Waals surface area contributed by atoms with Gasteiger partial charge >= 0.3 is 0 Å². The molecule has 3 aromatic rings. The highest BCUT2D eigenvalue weighted by atomic mass is 32.2. The van der Waals surface area contributed by atoms with E-state index >= 15 is 0 Å². The molecular weight excluding hydrogens is 288 g/mol. The molecule has 2 N–H and O–H groups in total. The van der Waals surface area contributed by atoms with Gasteiger partial charge in [0, 0.05) is 5.39 Å². The highest BCUT2D eigenvalue weighted by molar-refractivity contribution is 7.91. The fourth-order valence-corrected chi connectivity index (χ4v) is 3.63. The summed E-state index contributed by atoms with van der Waals surface area (Å²) in [5, 5.41) is 21.0. The number of phenols is 2. The van der Waals surface area contributed by atoms with Crippen molar-refractivity contribution in [3.8, 4) is 11.5 Å². The fraction of sp³-hybridized carbons (Fsp3) is 0. The Labute approximate surface area is 121 Å². The Kier molecular flexibility index (Phi) is 3.07. The van der Waals surface area contributed by atoms with Crippen molar-refractivity contribution in [3.05, 3.63) is 60.7 Å². The molecule has 0 aliphatic heterocycles. The maximum atomic E-state index is 12.6. The summed E-state index contributed by atoms with van der Waals surface area (Å²) in [5.74, 6) is -1.06. The predicted molar refractivity (Wildman–Crippen MR) is 79.2 cm³/mol. The van der Waals surface area contributed by atoms with Crippen molar-refractivity contribution < 1.29 is 18.6 Å². The van der Waals surface area contributed by atoms with Crippen molar-refractivity contribution in [3.63, 3.8) is 0 Å². The highest BCUT2D eigenvalue weighted by Gasteiger charge is 2.24. The van der Waals surface area contributed by atoms with Crippen molar-refractivity contribution in [2.75, 3.05) is 0 Å². The first-order valence-corrected chi connectivity index (χ1v) is 7.74. The molecule has 0 atom stereocenters. The first-order chi connectivity index (χ1) is 10.0. The van der Waals surface area contributed by atoms with Crippen LogP contribution in [0.4, 0.5) is 0 Å². The summed E-state index contributed by atoms with van der Waals surface area (Å²) in [6, 6.07) is 15.9. The molecule has 3 aromatic carbocycles. The summed E-state index contributed by atoms with van der Waals surface area (Å²) in [7, 11) is -3.89. The van der Waals surface area contributed by atoms with Crippen LogP contribution in [0.3, 0.4) is 0 Å². The molecule has 106 valence electrons. The van der Waals surface area contributed by atoms with E-state index in [2.05, 4.69) is 0 Å². The first kappa shape index (κ1) is 13.5. The Hall–Kier alpha value is -2.53. The van der Waals surface area contributed by atoms with Crippen LogP contribution in [0.15, 0.2) is 70.5 Å². The Morgan fingerprint density at radius 2 is 1.38 bits per heavy atom. The minimum absolute atomic E-state index is 0.0648. The summed E-state index contributed by atoms with van der Waals surface area (Å²) < 4.78 is 25.2. The van der Waals surface area contributed by atoms with Crippen molar-refractivity contribution in [2.24, 2.45) is 0 Å². The maximum absolute atomic E-state index is 12.6. The van der Waals surface area contributed by atoms with Gasteiger partial charge in [-0.05, 0) is 23.6 Å². The SMILES string of the molecule is O=S(=O)(c1ccccc1)c1cc2ccccc2c(O)c1O. The van der Waals surface area contributed by atoms with E-state index in [0.29, 0.717) is 10.8 Å². The maximum Gasteiger partial charge on any atom is 0.210 e. The van der Waals surface area contributed by atoms with Crippen LogP contribution in [-0.2, 0) is 9.84 Å². The van der Waals surface area contributed by atoms with Gasteiger partial charge in [0.25, 0.3) is 0 Å². The number of hydrogen-bond donors (Lipinski definition) is 2. The van der Waals surface area contributed by atoms with E-state index in [-0.39, 0.29) is 9.79 Å². The second kappa shape index (κ2) is 4.79. The number of sulfone groups is 1. The summed E-state index contributed by atoms with van der Waals surface area (Å²) in [6.45, 7) is 0.